The Labute approximate surface area is 111 Å². The van der Waals surface area contributed by atoms with E-state index in [1.54, 1.807) is 4.68 Å². The predicted molar refractivity (Wildman–Crippen MR) is 72.1 cm³/mol. The van der Waals surface area contributed by atoms with E-state index in [0.717, 1.165) is 17.8 Å². The lowest BCUT2D eigenvalue weighted by Crippen LogP contribution is -1.99. The average molecular weight is 269 g/mol. The SMILES string of the molecule is CC(C)Cc1cc(Cl)n(-c2ccc(Cl)cc2)n1. The van der Waals surface area contributed by atoms with E-state index < -0.39 is 0 Å². The molecule has 0 radical (unpaired) electrons. The van der Waals surface area contributed by atoms with Crippen molar-refractivity contribution < 1.29 is 0 Å². The van der Waals surface area contributed by atoms with Gasteiger partial charge in [0.25, 0.3) is 0 Å². The van der Waals surface area contributed by atoms with Crippen molar-refractivity contribution in [3.8, 4) is 5.69 Å². The van der Waals surface area contributed by atoms with Crippen molar-refractivity contribution in [1.82, 2.24) is 9.78 Å². The second-order valence-corrected chi connectivity index (χ2v) is 5.27. The zero-order valence-electron chi connectivity index (χ0n) is 9.82. The summed E-state index contributed by atoms with van der Waals surface area (Å²) in [4.78, 5) is 0. The number of benzene rings is 1. The summed E-state index contributed by atoms with van der Waals surface area (Å²) in [6.07, 6.45) is 0.931. The van der Waals surface area contributed by atoms with Gasteiger partial charge >= 0.3 is 0 Å². The third-order valence-electron chi connectivity index (χ3n) is 2.41. The van der Waals surface area contributed by atoms with Crippen molar-refractivity contribution in [2.24, 2.45) is 5.92 Å². The van der Waals surface area contributed by atoms with E-state index in [1.165, 1.54) is 0 Å². The summed E-state index contributed by atoms with van der Waals surface area (Å²) in [6, 6.07) is 9.38. The second kappa shape index (κ2) is 5.11. The van der Waals surface area contributed by atoms with Crippen LogP contribution in [0.4, 0.5) is 0 Å². The number of halogens is 2. The molecule has 2 aromatic rings. The highest BCUT2D eigenvalue weighted by Gasteiger charge is 2.08. The van der Waals surface area contributed by atoms with Crippen molar-refractivity contribution in [3.63, 3.8) is 0 Å². The first-order valence-corrected chi connectivity index (χ1v) is 6.32. The number of aromatic nitrogens is 2. The minimum absolute atomic E-state index is 0.569. The molecule has 4 heteroatoms. The van der Waals surface area contributed by atoms with Crippen LogP contribution in [0.1, 0.15) is 19.5 Å². The first-order valence-electron chi connectivity index (χ1n) is 5.56. The molecule has 90 valence electrons. The summed E-state index contributed by atoms with van der Waals surface area (Å²) in [5.74, 6) is 0.569. The Bertz CT molecular complexity index is 501. The van der Waals surface area contributed by atoms with Gasteiger partial charge in [-0.25, -0.2) is 4.68 Å². The van der Waals surface area contributed by atoms with Gasteiger partial charge in [0.1, 0.15) is 5.15 Å². The van der Waals surface area contributed by atoms with Crippen LogP contribution in [0.15, 0.2) is 30.3 Å². The van der Waals surface area contributed by atoms with Crippen LogP contribution in [0.25, 0.3) is 5.69 Å². The van der Waals surface area contributed by atoms with E-state index in [4.69, 9.17) is 23.2 Å². The maximum atomic E-state index is 6.17. The molecule has 1 aromatic carbocycles. The van der Waals surface area contributed by atoms with Crippen molar-refractivity contribution in [1.29, 1.82) is 0 Å². The second-order valence-electron chi connectivity index (χ2n) is 4.44. The Balaban J connectivity index is 2.32. The van der Waals surface area contributed by atoms with Crippen molar-refractivity contribution in [3.05, 3.63) is 46.2 Å². The Hall–Kier alpha value is -0.990. The molecular formula is C13H14Cl2N2. The van der Waals surface area contributed by atoms with Gasteiger partial charge in [-0.15, -0.1) is 0 Å². The van der Waals surface area contributed by atoms with E-state index >= 15 is 0 Å². The highest BCUT2D eigenvalue weighted by Crippen LogP contribution is 2.20. The molecule has 0 saturated heterocycles. The molecule has 0 aliphatic heterocycles. The van der Waals surface area contributed by atoms with E-state index in [2.05, 4.69) is 18.9 Å². The van der Waals surface area contributed by atoms with Crippen LogP contribution in [0.2, 0.25) is 10.2 Å². The third-order valence-corrected chi connectivity index (χ3v) is 2.93. The Morgan fingerprint density at radius 2 is 1.82 bits per heavy atom. The van der Waals surface area contributed by atoms with Crippen molar-refractivity contribution >= 4 is 23.2 Å². The van der Waals surface area contributed by atoms with Crippen LogP contribution in [-0.2, 0) is 6.42 Å². The number of hydrogen-bond acceptors (Lipinski definition) is 1. The largest absolute Gasteiger partial charge is 0.222 e. The fourth-order valence-electron chi connectivity index (χ4n) is 1.69. The zero-order chi connectivity index (χ0) is 12.4. The maximum Gasteiger partial charge on any atom is 0.133 e. The molecule has 0 amide bonds. The first-order chi connectivity index (χ1) is 8.06. The number of rotatable bonds is 3. The molecule has 0 bridgehead atoms. The van der Waals surface area contributed by atoms with E-state index in [0.29, 0.717) is 16.1 Å². The molecule has 17 heavy (non-hydrogen) atoms. The Kier molecular flexibility index (Phi) is 3.75. The number of hydrogen-bond donors (Lipinski definition) is 0. The summed E-state index contributed by atoms with van der Waals surface area (Å²) >= 11 is 12.0. The first kappa shape index (κ1) is 12.5. The van der Waals surface area contributed by atoms with E-state index in [-0.39, 0.29) is 0 Å². The van der Waals surface area contributed by atoms with Gasteiger partial charge in [0.2, 0.25) is 0 Å². The normalized spacial score (nSPS) is 11.1. The molecule has 0 unspecified atom stereocenters. The summed E-state index contributed by atoms with van der Waals surface area (Å²) in [5, 5.41) is 5.83. The fraction of sp³-hybridized carbons (Fsp3) is 0.308. The molecule has 0 aliphatic rings. The maximum absolute atomic E-state index is 6.17. The molecule has 0 spiro atoms. The summed E-state index contributed by atoms with van der Waals surface area (Å²) in [7, 11) is 0. The molecule has 2 nitrogen and oxygen atoms in total. The highest BCUT2D eigenvalue weighted by molar-refractivity contribution is 6.30. The van der Waals surface area contributed by atoms with Crippen molar-refractivity contribution in [2.75, 3.05) is 0 Å². The minimum atomic E-state index is 0.569. The topological polar surface area (TPSA) is 17.8 Å². The van der Waals surface area contributed by atoms with Gasteiger partial charge in [-0.3, -0.25) is 0 Å². The fourth-order valence-corrected chi connectivity index (χ4v) is 2.07. The summed E-state index contributed by atoms with van der Waals surface area (Å²) < 4.78 is 1.73. The van der Waals surface area contributed by atoms with E-state index in [9.17, 15) is 0 Å². The Morgan fingerprint density at radius 3 is 2.41 bits per heavy atom. The summed E-state index contributed by atoms with van der Waals surface area (Å²) in [5.41, 5.74) is 1.94. The van der Waals surface area contributed by atoms with Gasteiger partial charge in [0.05, 0.1) is 11.4 Å². The van der Waals surface area contributed by atoms with Gasteiger partial charge < -0.3 is 0 Å². The third kappa shape index (κ3) is 3.02. The van der Waals surface area contributed by atoms with Gasteiger partial charge in [-0.2, -0.15) is 5.10 Å². The van der Waals surface area contributed by atoms with Gasteiger partial charge in [0, 0.05) is 5.02 Å². The standard InChI is InChI=1S/C13H14Cl2N2/c1-9(2)7-11-8-13(15)17(16-11)12-5-3-10(14)4-6-12/h3-6,8-9H,7H2,1-2H3. The molecule has 2 rings (SSSR count). The lowest BCUT2D eigenvalue weighted by Gasteiger charge is -2.03. The quantitative estimate of drug-likeness (QED) is 0.808. The van der Waals surface area contributed by atoms with Crippen LogP contribution in [0.5, 0.6) is 0 Å². The van der Waals surface area contributed by atoms with Crippen molar-refractivity contribution in [2.45, 2.75) is 20.3 Å². The monoisotopic (exact) mass is 268 g/mol. The van der Waals surface area contributed by atoms with Crippen LogP contribution in [-0.4, -0.2) is 9.78 Å². The van der Waals surface area contributed by atoms with Gasteiger partial charge in [-0.05, 0) is 42.7 Å². The lowest BCUT2D eigenvalue weighted by molar-refractivity contribution is 0.628. The predicted octanol–water partition coefficient (Wildman–Crippen LogP) is 4.38. The molecule has 0 fully saturated rings. The van der Waals surface area contributed by atoms with E-state index in [1.807, 2.05) is 30.3 Å². The summed E-state index contributed by atoms with van der Waals surface area (Å²) in [6.45, 7) is 4.32. The highest BCUT2D eigenvalue weighted by atomic mass is 35.5. The molecule has 0 N–H and O–H groups in total. The Morgan fingerprint density at radius 1 is 1.18 bits per heavy atom. The zero-order valence-corrected chi connectivity index (χ0v) is 11.3. The molecular weight excluding hydrogens is 255 g/mol. The van der Waals surface area contributed by atoms with Crippen LogP contribution < -0.4 is 0 Å². The van der Waals surface area contributed by atoms with Crippen LogP contribution >= 0.6 is 23.2 Å². The number of nitrogens with zero attached hydrogens (tertiary/aromatic N) is 2. The smallest absolute Gasteiger partial charge is 0.133 e. The van der Waals surface area contributed by atoms with Crippen LogP contribution in [0, 0.1) is 5.92 Å². The lowest BCUT2D eigenvalue weighted by atomic mass is 10.1. The average Bonchev–Trinajstić information content (AvgIpc) is 2.59. The van der Waals surface area contributed by atoms with Gasteiger partial charge in [0.15, 0.2) is 0 Å². The minimum Gasteiger partial charge on any atom is -0.222 e. The molecule has 1 heterocycles. The molecule has 0 aliphatic carbocycles. The van der Waals surface area contributed by atoms with Gasteiger partial charge in [-0.1, -0.05) is 37.0 Å². The van der Waals surface area contributed by atoms with Crippen LogP contribution in [0.3, 0.4) is 0 Å². The molecule has 1 aromatic heterocycles. The molecule has 0 atom stereocenters. The molecule has 0 saturated carbocycles.